The Morgan fingerprint density at radius 2 is 2.22 bits per heavy atom. The summed E-state index contributed by atoms with van der Waals surface area (Å²) >= 11 is 0. The molecule has 0 radical (unpaired) electrons. The highest BCUT2D eigenvalue weighted by Crippen LogP contribution is 2.71. The van der Waals surface area contributed by atoms with Crippen molar-refractivity contribution in [1.29, 1.82) is 0 Å². The first-order chi connectivity index (χ1) is 10.8. The quantitative estimate of drug-likeness (QED) is 0.597. The van der Waals surface area contributed by atoms with E-state index in [0.29, 0.717) is 18.6 Å². The molecule has 1 spiro atoms. The van der Waals surface area contributed by atoms with Gasteiger partial charge in [0.05, 0.1) is 19.3 Å². The Balaban J connectivity index is 1.83. The molecule has 4 aliphatic rings. The fourth-order valence-electron chi connectivity index (χ4n) is 5.16. The highest BCUT2D eigenvalue weighted by molar-refractivity contribution is 5.96. The predicted molar refractivity (Wildman–Crippen MR) is 78.5 cm³/mol. The van der Waals surface area contributed by atoms with E-state index < -0.39 is 22.5 Å². The Morgan fingerprint density at radius 3 is 2.78 bits per heavy atom. The molecule has 2 heterocycles. The SMILES string of the molecule is CC(=O)O[C@@H]1C[C@]2(C)[C@@]3(CO)CC(=O)C(C)=C[C@H]3O[C@H]1[C@@]21CO1. The first-order valence-corrected chi connectivity index (χ1v) is 8.09. The molecule has 6 atom stereocenters. The zero-order valence-corrected chi connectivity index (χ0v) is 13.6. The summed E-state index contributed by atoms with van der Waals surface area (Å²) in [6.45, 7) is 5.56. The number of rotatable bonds is 2. The number of epoxide rings is 1. The number of ether oxygens (including phenoxy) is 3. The molecule has 2 bridgehead atoms. The minimum atomic E-state index is -0.731. The van der Waals surface area contributed by atoms with Gasteiger partial charge in [-0.05, 0) is 25.0 Å². The van der Waals surface area contributed by atoms with Gasteiger partial charge in [0.15, 0.2) is 5.78 Å². The second-order valence-corrected chi connectivity index (χ2v) is 7.60. The smallest absolute Gasteiger partial charge is 0.302 e. The molecule has 1 saturated carbocycles. The lowest BCUT2D eigenvalue weighted by Crippen LogP contribution is -2.65. The number of hydrogen-bond donors (Lipinski definition) is 1. The van der Waals surface area contributed by atoms with Gasteiger partial charge in [-0.3, -0.25) is 9.59 Å². The van der Waals surface area contributed by atoms with E-state index in [0.717, 1.165) is 0 Å². The van der Waals surface area contributed by atoms with Gasteiger partial charge in [-0.15, -0.1) is 0 Å². The van der Waals surface area contributed by atoms with Crippen LogP contribution in [0.1, 0.15) is 33.6 Å². The van der Waals surface area contributed by atoms with Crippen molar-refractivity contribution in [3.8, 4) is 0 Å². The van der Waals surface area contributed by atoms with Gasteiger partial charge in [-0.25, -0.2) is 0 Å². The van der Waals surface area contributed by atoms with Crippen molar-refractivity contribution in [2.24, 2.45) is 10.8 Å². The van der Waals surface area contributed by atoms with E-state index >= 15 is 0 Å². The van der Waals surface area contributed by atoms with Crippen molar-refractivity contribution in [3.63, 3.8) is 0 Å². The van der Waals surface area contributed by atoms with Gasteiger partial charge in [-0.2, -0.15) is 0 Å². The molecule has 0 aromatic heterocycles. The Bertz CT molecular complexity index is 621. The summed E-state index contributed by atoms with van der Waals surface area (Å²) in [5, 5.41) is 10.3. The molecule has 0 aromatic carbocycles. The van der Waals surface area contributed by atoms with Crippen LogP contribution >= 0.6 is 0 Å². The highest BCUT2D eigenvalue weighted by atomic mass is 16.7. The van der Waals surface area contributed by atoms with E-state index in [1.165, 1.54) is 6.92 Å². The van der Waals surface area contributed by atoms with Crippen LogP contribution in [-0.2, 0) is 23.8 Å². The van der Waals surface area contributed by atoms with Crippen molar-refractivity contribution in [3.05, 3.63) is 11.6 Å². The number of aliphatic hydroxyl groups excluding tert-OH is 1. The second-order valence-electron chi connectivity index (χ2n) is 7.60. The first-order valence-electron chi connectivity index (χ1n) is 8.09. The van der Waals surface area contributed by atoms with Crippen LogP contribution in [0.3, 0.4) is 0 Å². The number of aliphatic hydroxyl groups is 1. The lowest BCUT2D eigenvalue weighted by atomic mass is 9.52. The maximum atomic E-state index is 12.4. The van der Waals surface area contributed by atoms with E-state index in [1.54, 1.807) is 6.92 Å². The van der Waals surface area contributed by atoms with Crippen LogP contribution in [0.4, 0.5) is 0 Å². The standard InChI is InChI=1S/C17H22O6/c1-9-4-13-16(7-18,5-11(9)20)15(3)6-12(22-10(2)19)14(23-13)17(15)8-21-17/h4,12-14,18H,5-8H2,1-3H3/t12-,13-,14-,15-,16-,17+/m1/s1. The molecule has 126 valence electrons. The molecule has 2 aliphatic carbocycles. The molecule has 0 aromatic rings. The maximum Gasteiger partial charge on any atom is 0.302 e. The van der Waals surface area contributed by atoms with Crippen molar-refractivity contribution < 1.29 is 28.9 Å². The van der Waals surface area contributed by atoms with Gasteiger partial charge in [-0.1, -0.05) is 6.92 Å². The van der Waals surface area contributed by atoms with Crippen LogP contribution in [0.15, 0.2) is 11.6 Å². The van der Waals surface area contributed by atoms with Crippen LogP contribution in [0.25, 0.3) is 0 Å². The second kappa shape index (κ2) is 4.43. The summed E-state index contributed by atoms with van der Waals surface area (Å²) in [6.07, 6.45) is 1.47. The van der Waals surface area contributed by atoms with E-state index in [2.05, 4.69) is 0 Å². The Morgan fingerprint density at radius 1 is 1.52 bits per heavy atom. The fourth-order valence-corrected chi connectivity index (χ4v) is 5.16. The highest BCUT2D eigenvalue weighted by Gasteiger charge is 2.82. The zero-order chi connectivity index (χ0) is 16.6. The van der Waals surface area contributed by atoms with Crippen molar-refractivity contribution >= 4 is 11.8 Å². The van der Waals surface area contributed by atoms with Crippen molar-refractivity contribution in [1.82, 2.24) is 0 Å². The van der Waals surface area contributed by atoms with Crippen LogP contribution < -0.4 is 0 Å². The lowest BCUT2D eigenvalue weighted by Gasteiger charge is -2.56. The normalized spacial score (nSPS) is 50.5. The maximum absolute atomic E-state index is 12.4. The molecule has 2 saturated heterocycles. The predicted octanol–water partition coefficient (Wildman–Crippen LogP) is 0.762. The number of ketones is 1. The van der Waals surface area contributed by atoms with Crippen LogP contribution in [0.2, 0.25) is 0 Å². The van der Waals surface area contributed by atoms with E-state index in [1.807, 2.05) is 13.0 Å². The third kappa shape index (κ3) is 1.64. The van der Waals surface area contributed by atoms with Crippen LogP contribution in [0.5, 0.6) is 0 Å². The number of esters is 1. The average molecular weight is 322 g/mol. The number of hydrogen-bond acceptors (Lipinski definition) is 6. The van der Waals surface area contributed by atoms with Gasteiger partial charge in [0.1, 0.15) is 17.8 Å². The monoisotopic (exact) mass is 322 g/mol. The molecule has 3 fully saturated rings. The number of carbonyl (C=O) groups is 2. The third-order valence-electron chi connectivity index (χ3n) is 6.65. The molecule has 2 aliphatic heterocycles. The molecule has 0 amide bonds. The van der Waals surface area contributed by atoms with Crippen molar-refractivity contribution in [2.75, 3.05) is 13.2 Å². The number of fused-ring (bicyclic) bond motifs is 2. The molecular weight excluding hydrogens is 300 g/mol. The van der Waals surface area contributed by atoms with Crippen LogP contribution in [0, 0.1) is 10.8 Å². The lowest BCUT2D eigenvalue weighted by molar-refractivity contribution is -0.217. The largest absolute Gasteiger partial charge is 0.460 e. The van der Waals surface area contributed by atoms with Gasteiger partial charge >= 0.3 is 5.97 Å². The molecule has 1 N–H and O–H groups in total. The summed E-state index contributed by atoms with van der Waals surface area (Å²) in [6, 6.07) is 0. The van der Waals surface area contributed by atoms with Crippen molar-refractivity contribution in [2.45, 2.75) is 57.5 Å². The summed E-state index contributed by atoms with van der Waals surface area (Å²) in [5.41, 5.74) is -1.11. The summed E-state index contributed by atoms with van der Waals surface area (Å²) in [5.74, 6) is -0.320. The molecule has 4 rings (SSSR count). The van der Waals surface area contributed by atoms with Gasteiger partial charge in [0.2, 0.25) is 0 Å². The fraction of sp³-hybridized carbons (Fsp3) is 0.765. The molecule has 6 heteroatoms. The van der Waals surface area contributed by atoms with Gasteiger partial charge < -0.3 is 19.3 Å². The third-order valence-corrected chi connectivity index (χ3v) is 6.65. The van der Waals surface area contributed by atoms with Gasteiger partial charge in [0, 0.05) is 24.2 Å². The van der Waals surface area contributed by atoms with E-state index in [9.17, 15) is 14.7 Å². The zero-order valence-electron chi connectivity index (χ0n) is 13.6. The average Bonchev–Trinajstić information content (AvgIpc) is 3.24. The number of allylic oxidation sites excluding steroid dienone is 1. The minimum Gasteiger partial charge on any atom is -0.460 e. The number of carbonyl (C=O) groups excluding carboxylic acids is 2. The minimum absolute atomic E-state index is 0.0327. The van der Waals surface area contributed by atoms with Crippen LogP contribution in [-0.4, -0.2) is 54.0 Å². The van der Waals surface area contributed by atoms with E-state index in [4.69, 9.17) is 14.2 Å². The summed E-state index contributed by atoms with van der Waals surface area (Å²) < 4.78 is 17.6. The Labute approximate surface area is 134 Å². The summed E-state index contributed by atoms with van der Waals surface area (Å²) in [7, 11) is 0. The summed E-state index contributed by atoms with van der Waals surface area (Å²) in [4.78, 5) is 23.8. The van der Waals surface area contributed by atoms with E-state index in [-0.39, 0.29) is 37.0 Å². The molecule has 23 heavy (non-hydrogen) atoms. The molecular formula is C17H22O6. The topological polar surface area (TPSA) is 85.4 Å². The Hall–Kier alpha value is -1.24. The first kappa shape index (κ1) is 15.3. The van der Waals surface area contributed by atoms with Gasteiger partial charge in [0.25, 0.3) is 0 Å². The Kier molecular flexibility index (Phi) is 2.95. The molecule has 6 nitrogen and oxygen atoms in total. The molecule has 0 unspecified atom stereocenters. The number of Topliss-reactive ketones (excluding diaryl/α,β-unsaturated/α-hetero) is 1.